The fourth-order valence-corrected chi connectivity index (χ4v) is 3.55. The summed E-state index contributed by atoms with van der Waals surface area (Å²) in [4.78, 5) is 45.0. The first-order chi connectivity index (χ1) is 16.3. The number of fused-ring (bicyclic) bond motifs is 2. The monoisotopic (exact) mass is 460 g/mol. The van der Waals surface area contributed by atoms with Crippen LogP contribution in [0.15, 0.2) is 72.8 Å². The molecule has 0 saturated heterocycles. The first kappa shape index (κ1) is 23.9. The fourth-order valence-electron chi connectivity index (χ4n) is 3.55. The van der Waals surface area contributed by atoms with Crippen LogP contribution in [0.5, 0.6) is 0 Å². The Bertz CT molecular complexity index is 1420. The summed E-state index contributed by atoms with van der Waals surface area (Å²) in [6.45, 7) is 1.89. The maximum atomic E-state index is 11.9. The highest BCUT2D eigenvalue weighted by molar-refractivity contribution is 6.13. The van der Waals surface area contributed by atoms with Gasteiger partial charge in [-0.3, -0.25) is 0 Å². The number of benzene rings is 4. The Hall–Kier alpha value is -4.72. The average molecular weight is 460 g/mol. The van der Waals surface area contributed by atoms with Crippen LogP contribution in [0.25, 0.3) is 21.5 Å². The van der Waals surface area contributed by atoms with E-state index < -0.39 is 23.9 Å². The summed E-state index contributed by atoms with van der Waals surface area (Å²) in [7, 11) is 0. The smallest absolute Gasteiger partial charge is 0.339 e. The molecule has 0 aliphatic heterocycles. The standard InChI is InChI=1S/C14H12O4.C12H8O4/c1-2-18-14(17)12-10-6-4-3-5-9(10)7-8-11(12)13(15)16;13-11(14)9-6-5-7-3-1-2-4-8(7)10(9)12(15)16/h3-8H,2H2,1H3,(H,15,16);1-6H,(H,13,14)(H,15,16). The zero-order valence-corrected chi connectivity index (χ0v) is 18.0. The van der Waals surface area contributed by atoms with Gasteiger partial charge in [0.2, 0.25) is 0 Å². The van der Waals surface area contributed by atoms with E-state index in [1.165, 1.54) is 12.1 Å². The van der Waals surface area contributed by atoms with Gasteiger partial charge in [0.25, 0.3) is 0 Å². The lowest BCUT2D eigenvalue weighted by Gasteiger charge is -2.09. The van der Waals surface area contributed by atoms with Gasteiger partial charge in [-0.15, -0.1) is 0 Å². The molecular formula is C26H20O8. The lowest BCUT2D eigenvalue weighted by atomic mass is 9.99. The van der Waals surface area contributed by atoms with E-state index in [2.05, 4.69) is 0 Å². The van der Waals surface area contributed by atoms with Gasteiger partial charge in [-0.05, 0) is 40.6 Å². The number of carboxylic acid groups (broad SMARTS) is 3. The Morgan fingerprint density at radius 1 is 0.618 bits per heavy atom. The van der Waals surface area contributed by atoms with Crippen molar-refractivity contribution in [2.75, 3.05) is 6.61 Å². The second-order valence-corrected chi connectivity index (χ2v) is 7.05. The van der Waals surface area contributed by atoms with Gasteiger partial charge >= 0.3 is 23.9 Å². The third-order valence-electron chi connectivity index (χ3n) is 5.01. The molecule has 0 heterocycles. The normalized spacial score (nSPS) is 10.3. The van der Waals surface area contributed by atoms with Crippen molar-refractivity contribution in [2.24, 2.45) is 0 Å². The molecule has 4 aromatic rings. The molecule has 0 amide bonds. The van der Waals surface area contributed by atoms with Crippen LogP contribution in [-0.4, -0.2) is 45.8 Å². The quantitative estimate of drug-likeness (QED) is 0.356. The van der Waals surface area contributed by atoms with Gasteiger partial charge in [0.05, 0.1) is 28.9 Å². The third kappa shape index (κ3) is 4.86. The van der Waals surface area contributed by atoms with Crippen molar-refractivity contribution in [3.63, 3.8) is 0 Å². The van der Waals surface area contributed by atoms with Crippen molar-refractivity contribution in [3.05, 3.63) is 95.1 Å². The van der Waals surface area contributed by atoms with Crippen molar-refractivity contribution < 1.29 is 39.2 Å². The number of esters is 1. The minimum absolute atomic E-state index is 0.0350. The summed E-state index contributed by atoms with van der Waals surface area (Å²) in [5, 5.41) is 29.7. The largest absolute Gasteiger partial charge is 0.478 e. The van der Waals surface area contributed by atoms with Crippen LogP contribution in [-0.2, 0) is 4.74 Å². The maximum Gasteiger partial charge on any atom is 0.339 e. The summed E-state index contributed by atoms with van der Waals surface area (Å²) in [6.07, 6.45) is 0. The summed E-state index contributed by atoms with van der Waals surface area (Å²) in [6, 6.07) is 20.0. The van der Waals surface area contributed by atoms with Crippen molar-refractivity contribution in [1.82, 2.24) is 0 Å². The molecule has 4 rings (SSSR count). The van der Waals surface area contributed by atoms with E-state index >= 15 is 0 Å². The molecule has 172 valence electrons. The molecule has 0 fully saturated rings. The molecule has 0 atom stereocenters. The molecular weight excluding hydrogens is 440 g/mol. The SMILES string of the molecule is CCOC(=O)c1c(C(=O)O)ccc2ccccc12.O=C(O)c1ccc2ccccc2c1C(=O)O. The van der Waals surface area contributed by atoms with Crippen molar-refractivity contribution in [3.8, 4) is 0 Å². The molecule has 34 heavy (non-hydrogen) atoms. The number of hydrogen-bond donors (Lipinski definition) is 3. The summed E-state index contributed by atoms with van der Waals surface area (Å²) >= 11 is 0. The summed E-state index contributed by atoms with van der Waals surface area (Å²) < 4.78 is 4.92. The number of ether oxygens (including phenoxy) is 1. The van der Waals surface area contributed by atoms with E-state index in [9.17, 15) is 19.2 Å². The van der Waals surface area contributed by atoms with Gasteiger partial charge in [-0.2, -0.15) is 0 Å². The number of rotatable bonds is 5. The zero-order chi connectivity index (χ0) is 24.8. The van der Waals surface area contributed by atoms with E-state index in [0.29, 0.717) is 16.2 Å². The maximum absolute atomic E-state index is 11.9. The predicted octanol–water partition coefficient (Wildman–Crippen LogP) is 4.95. The van der Waals surface area contributed by atoms with E-state index in [0.717, 1.165) is 5.39 Å². The second kappa shape index (κ2) is 10.3. The van der Waals surface area contributed by atoms with Crippen LogP contribution in [0, 0.1) is 0 Å². The van der Waals surface area contributed by atoms with Gasteiger partial charge in [0, 0.05) is 0 Å². The zero-order valence-electron chi connectivity index (χ0n) is 18.0. The van der Waals surface area contributed by atoms with Gasteiger partial charge in [0.1, 0.15) is 0 Å². The van der Waals surface area contributed by atoms with Crippen molar-refractivity contribution >= 4 is 45.4 Å². The lowest BCUT2D eigenvalue weighted by Crippen LogP contribution is -2.12. The lowest BCUT2D eigenvalue weighted by molar-refractivity contribution is 0.0516. The molecule has 8 heteroatoms. The minimum Gasteiger partial charge on any atom is -0.478 e. The van der Waals surface area contributed by atoms with Gasteiger partial charge in [0.15, 0.2) is 0 Å². The van der Waals surface area contributed by atoms with Gasteiger partial charge < -0.3 is 20.1 Å². The van der Waals surface area contributed by atoms with Crippen LogP contribution in [0.2, 0.25) is 0 Å². The molecule has 0 unspecified atom stereocenters. The molecule has 0 aliphatic carbocycles. The number of carbonyl (C=O) groups excluding carboxylic acids is 1. The first-order valence-electron chi connectivity index (χ1n) is 10.2. The van der Waals surface area contributed by atoms with Crippen LogP contribution in [0.1, 0.15) is 48.4 Å². The summed E-state index contributed by atoms with van der Waals surface area (Å²) in [5.74, 6) is -4.20. The Morgan fingerprint density at radius 3 is 1.50 bits per heavy atom. The molecule has 8 nitrogen and oxygen atoms in total. The van der Waals surface area contributed by atoms with E-state index in [-0.39, 0.29) is 28.9 Å². The molecule has 0 aliphatic rings. The van der Waals surface area contributed by atoms with Crippen molar-refractivity contribution in [1.29, 1.82) is 0 Å². The molecule has 0 aromatic heterocycles. The number of hydrogen-bond acceptors (Lipinski definition) is 5. The number of carbonyl (C=O) groups is 4. The van der Waals surface area contributed by atoms with Crippen LogP contribution in [0.3, 0.4) is 0 Å². The van der Waals surface area contributed by atoms with E-state index in [1.807, 2.05) is 12.1 Å². The molecule has 0 radical (unpaired) electrons. The third-order valence-corrected chi connectivity index (χ3v) is 5.01. The Morgan fingerprint density at radius 2 is 1.06 bits per heavy atom. The number of carboxylic acids is 3. The van der Waals surface area contributed by atoms with Gasteiger partial charge in [-0.1, -0.05) is 60.7 Å². The Labute approximate surface area is 193 Å². The topological polar surface area (TPSA) is 138 Å². The highest BCUT2D eigenvalue weighted by Gasteiger charge is 2.20. The molecule has 0 saturated carbocycles. The molecule has 3 N–H and O–H groups in total. The predicted molar refractivity (Wildman–Crippen MR) is 125 cm³/mol. The molecule has 4 aromatic carbocycles. The fraction of sp³-hybridized carbons (Fsp3) is 0.0769. The highest BCUT2D eigenvalue weighted by Crippen LogP contribution is 2.24. The minimum atomic E-state index is -1.23. The summed E-state index contributed by atoms with van der Waals surface area (Å²) in [5.41, 5.74) is -0.272. The number of aromatic carboxylic acids is 3. The van der Waals surface area contributed by atoms with Crippen LogP contribution < -0.4 is 0 Å². The Kier molecular flexibility index (Phi) is 7.23. The van der Waals surface area contributed by atoms with Gasteiger partial charge in [-0.25, -0.2) is 19.2 Å². The van der Waals surface area contributed by atoms with E-state index in [4.69, 9.17) is 20.1 Å². The second-order valence-electron chi connectivity index (χ2n) is 7.05. The average Bonchev–Trinajstić information content (AvgIpc) is 2.82. The Balaban J connectivity index is 0.000000192. The van der Waals surface area contributed by atoms with E-state index in [1.54, 1.807) is 55.5 Å². The van der Waals surface area contributed by atoms with Crippen molar-refractivity contribution in [2.45, 2.75) is 6.92 Å². The molecule has 0 bridgehead atoms. The first-order valence-corrected chi connectivity index (χ1v) is 10.2. The van der Waals surface area contributed by atoms with Crippen LogP contribution >= 0.6 is 0 Å². The van der Waals surface area contributed by atoms with Crippen LogP contribution in [0.4, 0.5) is 0 Å². The molecule has 0 spiro atoms. The highest BCUT2D eigenvalue weighted by atomic mass is 16.5.